The molecule has 1 heterocycles. The molecule has 136 valence electrons. The number of hydrogen-bond donors (Lipinski definition) is 1. The van der Waals surface area contributed by atoms with Gasteiger partial charge in [-0.15, -0.1) is 0 Å². The van der Waals surface area contributed by atoms with Crippen LogP contribution in [0.2, 0.25) is 0 Å². The Morgan fingerprint density at radius 2 is 1.88 bits per heavy atom. The number of ether oxygens (including phenoxy) is 1. The molecule has 0 atom stereocenters. The highest BCUT2D eigenvalue weighted by Crippen LogP contribution is 2.30. The molecule has 0 unspecified atom stereocenters. The molecule has 26 heavy (non-hydrogen) atoms. The van der Waals surface area contributed by atoms with Gasteiger partial charge in [-0.1, -0.05) is 12.1 Å². The van der Waals surface area contributed by atoms with E-state index in [9.17, 15) is 14.0 Å². The van der Waals surface area contributed by atoms with Gasteiger partial charge in [0.2, 0.25) is 0 Å². The van der Waals surface area contributed by atoms with E-state index in [4.69, 9.17) is 9.84 Å². The maximum absolute atomic E-state index is 14.1. The number of piperidine rings is 1. The number of halogens is 1. The van der Waals surface area contributed by atoms with Gasteiger partial charge in [0.15, 0.2) is 0 Å². The molecule has 1 aliphatic heterocycles. The fourth-order valence-electron chi connectivity index (χ4n) is 3.30. The smallest absolute Gasteiger partial charge is 0.335 e. The second-order valence-electron chi connectivity index (χ2n) is 6.34. The number of carboxylic acid groups (broad SMARTS) is 1. The first kappa shape index (κ1) is 17.9. The van der Waals surface area contributed by atoms with Gasteiger partial charge in [-0.2, -0.15) is 0 Å². The number of benzene rings is 2. The summed E-state index contributed by atoms with van der Waals surface area (Å²) in [5.41, 5.74) is 0.916. The van der Waals surface area contributed by atoms with E-state index < -0.39 is 17.7 Å². The number of carbonyl (C=O) groups is 2. The minimum absolute atomic E-state index is 0.0881. The summed E-state index contributed by atoms with van der Waals surface area (Å²) >= 11 is 0. The largest absolute Gasteiger partial charge is 0.497 e. The van der Waals surface area contributed by atoms with Crippen LogP contribution in [0.1, 0.15) is 45.0 Å². The van der Waals surface area contributed by atoms with Crippen molar-refractivity contribution in [1.29, 1.82) is 0 Å². The number of rotatable bonds is 4. The minimum Gasteiger partial charge on any atom is -0.497 e. The molecule has 2 aromatic carbocycles. The molecule has 0 spiro atoms. The number of carbonyl (C=O) groups excluding carboxylic acids is 1. The van der Waals surface area contributed by atoms with Gasteiger partial charge in [-0.3, -0.25) is 4.79 Å². The summed E-state index contributed by atoms with van der Waals surface area (Å²) in [5.74, 6) is -1.29. The van der Waals surface area contributed by atoms with Crippen LogP contribution >= 0.6 is 0 Å². The maximum atomic E-state index is 14.1. The summed E-state index contributed by atoms with van der Waals surface area (Å²) in [6.07, 6.45) is 1.57. The van der Waals surface area contributed by atoms with Gasteiger partial charge in [0.25, 0.3) is 5.91 Å². The number of nitrogens with zero attached hydrogens (tertiary/aromatic N) is 1. The van der Waals surface area contributed by atoms with Crippen LogP contribution in [0, 0.1) is 5.82 Å². The van der Waals surface area contributed by atoms with Crippen LogP contribution in [0.3, 0.4) is 0 Å². The van der Waals surface area contributed by atoms with Crippen molar-refractivity contribution in [3.05, 3.63) is 65.0 Å². The number of amides is 1. The SMILES string of the molecule is COc1cccc(C2CCN(C(=O)c3ccc(C(=O)O)cc3F)CC2)c1. The third-order valence-electron chi connectivity index (χ3n) is 4.79. The summed E-state index contributed by atoms with van der Waals surface area (Å²) in [5, 5.41) is 8.89. The highest BCUT2D eigenvalue weighted by molar-refractivity contribution is 5.96. The number of hydrogen-bond acceptors (Lipinski definition) is 3. The van der Waals surface area contributed by atoms with Crippen molar-refractivity contribution in [2.75, 3.05) is 20.2 Å². The van der Waals surface area contributed by atoms with E-state index in [1.165, 1.54) is 17.7 Å². The monoisotopic (exact) mass is 357 g/mol. The third-order valence-corrected chi connectivity index (χ3v) is 4.79. The highest BCUT2D eigenvalue weighted by Gasteiger charge is 2.26. The van der Waals surface area contributed by atoms with Crippen molar-refractivity contribution in [2.45, 2.75) is 18.8 Å². The molecule has 0 bridgehead atoms. The Kier molecular flexibility index (Phi) is 5.21. The normalized spacial score (nSPS) is 14.9. The number of methoxy groups -OCH3 is 1. The Labute approximate surface area is 151 Å². The maximum Gasteiger partial charge on any atom is 0.335 e. The number of carboxylic acids is 1. The number of aromatic carboxylic acids is 1. The quantitative estimate of drug-likeness (QED) is 0.909. The molecular formula is C20H20FNO4. The second-order valence-corrected chi connectivity index (χ2v) is 6.34. The van der Waals surface area contributed by atoms with Crippen molar-refractivity contribution in [1.82, 2.24) is 4.90 Å². The molecular weight excluding hydrogens is 337 g/mol. The molecule has 5 nitrogen and oxygen atoms in total. The summed E-state index contributed by atoms with van der Waals surface area (Å²) < 4.78 is 19.4. The Morgan fingerprint density at radius 3 is 2.50 bits per heavy atom. The molecule has 0 aliphatic carbocycles. The van der Waals surface area contributed by atoms with E-state index in [0.717, 1.165) is 24.7 Å². The Balaban J connectivity index is 1.67. The van der Waals surface area contributed by atoms with Crippen molar-refractivity contribution in [3.8, 4) is 5.75 Å². The van der Waals surface area contributed by atoms with Gasteiger partial charge in [0.05, 0.1) is 18.2 Å². The van der Waals surface area contributed by atoms with Crippen LogP contribution in [0.4, 0.5) is 4.39 Å². The van der Waals surface area contributed by atoms with Crippen molar-refractivity contribution >= 4 is 11.9 Å². The molecule has 1 amide bonds. The summed E-state index contributed by atoms with van der Waals surface area (Å²) in [6, 6.07) is 11.3. The van der Waals surface area contributed by atoms with Crippen molar-refractivity contribution < 1.29 is 23.8 Å². The van der Waals surface area contributed by atoms with Crippen LogP contribution in [-0.2, 0) is 0 Å². The minimum atomic E-state index is -1.22. The van der Waals surface area contributed by atoms with Gasteiger partial charge in [0, 0.05) is 13.1 Å². The average Bonchev–Trinajstić information content (AvgIpc) is 2.67. The zero-order chi connectivity index (χ0) is 18.7. The number of likely N-dealkylation sites (tertiary alicyclic amines) is 1. The van der Waals surface area contributed by atoms with Gasteiger partial charge in [-0.05, 0) is 54.7 Å². The molecule has 2 aromatic rings. The molecule has 0 radical (unpaired) electrons. The van der Waals surface area contributed by atoms with Crippen molar-refractivity contribution in [3.63, 3.8) is 0 Å². The molecule has 0 aromatic heterocycles. The van der Waals surface area contributed by atoms with Gasteiger partial charge < -0.3 is 14.7 Å². The van der Waals surface area contributed by atoms with E-state index in [1.807, 2.05) is 18.2 Å². The van der Waals surface area contributed by atoms with Crippen LogP contribution in [0.5, 0.6) is 5.75 Å². The van der Waals surface area contributed by atoms with E-state index in [2.05, 4.69) is 6.07 Å². The highest BCUT2D eigenvalue weighted by atomic mass is 19.1. The lowest BCUT2D eigenvalue weighted by atomic mass is 9.89. The van der Waals surface area contributed by atoms with Crippen LogP contribution in [0.25, 0.3) is 0 Å². The summed E-state index contributed by atoms with van der Waals surface area (Å²) in [7, 11) is 1.63. The fraction of sp³-hybridized carbons (Fsp3) is 0.300. The van der Waals surface area contributed by atoms with Gasteiger partial charge >= 0.3 is 5.97 Å². The Morgan fingerprint density at radius 1 is 1.15 bits per heavy atom. The average molecular weight is 357 g/mol. The van der Waals surface area contributed by atoms with E-state index in [0.29, 0.717) is 19.0 Å². The summed E-state index contributed by atoms with van der Waals surface area (Å²) in [4.78, 5) is 25.1. The zero-order valence-electron chi connectivity index (χ0n) is 14.4. The molecule has 1 saturated heterocycles. The second kappa shape index (κ2) is 7.56. The Hall–Kier alpha value is -2.89. The lowest BCUT2D eigenvalue weighted by molar-refractivity contribution is 0.0686. The standard InChI is InChI=1S/C20H20FNO4/c1-26-16-4-2-3-14(11-16)13-7-9-22(10-8-13)19(23)17-6-5-15(20(24)25)12-18(17)21/h2-6,11-13H,7-10H2,1H3,(H,24,25). The molecule has 1 N–H and O–H groups in total. The van der Waals surface area contributed by atoms with Gasteiger partial charge in [0.1, 0.15) is 11.6 Å². The fourth-order valence-corrected chi connectivity index (χ4v) is 3.30. The first-order valence-electron chi connectivity index (χ1n) is 8.45. The molecule has 1 fully saturated rings. The van der Waals surface area contributed by atoms with Gasteiger partial charge in [-0.25, -0.2) is 9.18 Å². The van der Waals surface area contributed by atoms with Crippen molar-refractivity contribution in [2.24, 2.45) is 0 Å². The van der Waals surface area contributed by atoms with E-state index >= 15 is 0 Å². The lowest BCUT2D eigenvalue weighted by Crippen LogP contribution is -2.38. The molecule has 0 saturated carbocycles. The van der Waals surface area contributed by atoms with E-state index in [-0.39, 0.29) is 11.1 Å². The molecule has 6 heteroatoms. The van der Waals surface area contributed by atoms with Crippen LogP contribution in [0.15, 0.2) is 42.5 Å². The van der Waals surface area contributed by atoms with Crippen LogP contribution < -0.4 is 4.74 Å². The Bertz CT molecular complexity index is 828. The zero-order valence-corrected chi connectivity index (χ0v) is 14.4. The predicted octanol–water partition coefficient (Wildman–Crippen LogP) is 3.55. The first-order valence-corrected chi connectivity index (χ1v) is 8.45. The first-order chi connectivity index (χ1) is 12.5. The third kappa shape index (κ3) is 3.69. The van der Waals surface area contributed by atoms with Crippen LogP contribution in [-0.4, -0.2) is 42.1 Å². The van der Waals surface area contributed by atoms with E-state index in [1.54, 1.807) is 12.0 Å². The molecule has 1 aliphatic rings. The summed E-state index contributed by atoms with van der Waals surface area (Å²) in [6.45, 7) is 1.06. The molecule has 3 rings (SSSR count). The predicted molar refractivity (Wildman–Crippen MR) is 94.2 cm³/mol. The topological polar surface area (TPSA) is 66.8 Å². The lowest BCUT2D eigenvalue weighted by Gasteiger charge is -2.32.